The molecule has 0 radical (unpaired) electrons. The summed E-state index contributed by atoms with van der Waals surface area (Å²) < 4.78 is 40.0. The highest BCUT2D eigenvalue weighted by molar-refractivity contribution is 5.76. The van der Waals surface area contributed by atoms with Crippen LogP contribution >= 0.6 is 0 Å². The third kappa shape index (κ3) is 5.22. The summed E-state index contributed by atoms with van der Waals surface area (Å²) in [7, 11) is 2.02. The average Bonchev–Trinajstić information content (AvgIpc) is 2.45. The summed E-state index contributed by atoms with van der Waals surface area (Å²) in [4.78, 5) is 16.1. The number of hydrogen-bond acceptors (Lipinski definition) is 3. The minimum absolute atomic E-state index is 0.0868. The molecule has 22 heavy (non-hydrogen) atoms. The van der Waals surface area contributed by atoms with Gasteiger partial charge < -0.3 is 14.5 Å². The molecule has 4 nitrogen and oxygen atoms in total. The van der Waals surface area contributed by atoms with Gasteiger partial charge in [-0.15, -0.1) is 13.2 Å². The molecular formula is C15H19F3N2O2. The van der Waals surface area contributed by atoms with E-state index in [1.54, 1.807) is 12.1 Å². The number of halogens is 3. The number of alkyl halides is 3. The van der Waals surface area contributed by atoms with E-state index in [4.69, 9.17) is 0 Å². The van der Waals surface area contributed by atoms with Crippen LogP contribution in [0.2, 0.25) is 0 Å². The van der Waals surface area contributed by atoms with Crippen LogP contribution in [0.1, 0.15) is 12.0 Å². The van der Waals surface area contributed by atoms with Gasteiger partial charge in [0, 0.05) is 32.6 Å². The van der Waals surface area contributed by atoms with Crippen LogP contribution in [-0.4, -0.2) is 55.3 Å². The van der Waals surface area contributed by atoms with E-state index in [0.29, 0.717) is 12.8 Å². The number of piperazine rings is 1. The first-order chi connectivity index (χ1) is 10.3. The molecule has 1 amide bonds. The van der Waals surface area contributed by atoms with E-state index >= 15 is 0 Å². The summed E-state index contributed by atoms with van der Waals surface area (Å²) >= 11 is 0. The summed E-state index contributed by atoms with van der Waals surface area (Å²) in [6, 6.07) is 5.64. The largest absolute Gasteiger partial charge is 0.573 e. The molecule has 0 unspecified atom stereocenters. The van der Waals surface area contributed by atoms with Gasteiger partial charge in [0.15, 0.2) is 0 Å². The molecule has 1 saturated heterocycles. The Kier molecular flexibility index (Phi) is 5.28. The summed E-state index contributed by atoms with van der Waals surface area (Å²) in [5.74, 6) is -0.162. The lowest BCUT2D eigenvalue weighted by molar-refractivity contribution is -0.274. The maximum atomic E-state index is 12.1. The minimum Gasteiger partial charge on any atom is -0.406 e. The van der Waals surface area contributed by atoms with Gasteiger partial charge in [-0.1, -0.05) is 12.1 Å². The van der Waals surface area contributed by atoms with Crippen molar-refractivity contribution in [1.82, 2.24) is 9.80 Å². The van der Waals surface area contributed by atoms with Gasteiger partial charge in [-0.25, -0.2) is 0 Å². The standard InChI is InChI=1S/C15H19F3N2O2/c1-19-8-10-20(11-9-19)14(21)7-4-12-2-5-13(6-3-12)22-15(16,17)18/h2-3,5-6H,4,7-11H2,1H3. The number of ether oxygens (including phenoxy) is 1. The number of aryl methyl sites for hydroxylation is 1. The Bertz CT molecular complexity index is 495. The van der Waals surface area contributed by atoms with Crippen LogP contribution in [0, 0.1) is 0 Å². The van der Waals surface area contributed by atoms with Crippen molar-refractivity contribution in [3.8, 4) is 5.75 Å². The Balaban J connectivity index is 1.80. The Morgan fingerprint density at radius 3 is 2.27 bits per heavy atom. The average molecular weight is 316 g/mol. The van der Waals surface area contributed by atoms with Gasteiger partial charge >= 0.3 is 6.36 Å². The van der Waals surface area contributed by atoms with Gasteiger partial charge in [0.25, 0.3) is 0 Å². The van der Waals surface area contributed by atoms with Gasteiger partial charge in [-0.05, 0) is 31.2 Å². The van der Waals surface area contributed by atoms with E-state index in [2.05, 4.69) is 9.64 Å². The molecule has 2 rings (SSSR count). The van der Waals surface area contributed by atoms with Crippen LogP contribution in [-0.2, 0) is 11.2 Å². The molecule has 122 valence electrons. The van der Waals surface area contributed by atoms with Crippen LogP contribution in [0.15, 0.2) is 24.3 Å². The summed E-state index contributed by atoms with van der Waals surface area (Å²) in [5.41, 5.74) is 0.817. The van der Waals surface area contributed by atoms with Crippen LogP contribution in [0.5, 0.6) is 5.75 Å². The fourth-order valence-electron chi connectivity index (χ4n) is 2.32. The third-order valence-electron chi connectivity index (χ3n) is 3.64. The van der Waals surface area contributed by atoms with Crippen molar-refractivity contribution in [2.75, 3.05) is 33.2 Å². The number of amides is 1. The zero-order chi connectivity index (χ0) is 16.2. The van der Waals surface area contributed by atoms with Crippen molar-refractivity contribution in [2.24, 2.45) is 0 Å². The Hall–Kier alpha value is -1.76. The summed E-state index contributed by atoms with van der Waals surface area (Å²) in [5, 5.41) is 0. The number of carbonyl (C=O) groups is 1. The van der Waals surface area contributed by atoms with Crippen LogP contribution in [0.3, 0.4) is 0 Å². The van der Waals surface area contributed by atoms with E-state index in [9.17, 15) is 18.0 Å². The predicted molar refractivity (Wildman–Crippen MR) is 75.5 cm³/mol. The first-order valence-corrected chi connectivity index (χ1v) is 7.14. The van der Waals surface area contributed by atoms with Gasteiger partial charge in [-0.3, -0.25) is 4.79 Å². The highest BCUT2D eigenvalue weighted by Gasteiger charge is 2.30. The molecule has 1 fully saturated rings. The normalized spacial score (nSPS) is 16.6. The molecule has 1 aromatic rings. The number of nitrogens with zero attached hydrogens (tertiary/aromatic N) is 2. The highest BCUT2D eigenvalue weighted by Crippen LogP contribution is 2.23. The van der Waals surface area contributed by atoms with Gasteiger partial charge in [0.1, 0.15) is 5.75 Å². The first kappa shape index (κ1) is 16.6. The second kappa shape index (κ2) is 7.00. The van der Waals surface area contributed by atoms with Crippen molar-refractivity contribution in [3.05, 3.63) is 29.8 Å². The van der Waals surface area contributed by atoms with E-state index in [0.717, 1.165) is 31.7 Å². The van der Waals surface area contributed by atoms with E-state index in [1.807, 2.05) is 11.9 Å². The second-order valence-corrected chi connectivity index (χ2v) is 5.38. The topological polar surface area (TPSA) is 32.8 Å². The summed E-state index contributed by atoms with van der Waals surface area (Å²) in [6.45, 7) is 3.20. The fourth-order valence-corrected chi connectivity index (χ4v) is 2.32. The Morgan fingerprint density at radius 1 is 1.14 bits per heavy atom. The first-order valence-electron chi connectivity index (χ1n) is 7.14. The number of rotatable bonds is 4. The number of benzene rings is 1. The SMILES string of the molecule is CN1CCN(C(=O)CCc2ccc(OC(F)(F)F)cc2)CC1. The maximum absolute atomic E-state index is 12.1. The Morgan fingerprint density at radius 2 is 1.73 bits per heavy atom. The van der Waals surface area contributed by atoms with Crippen molar-refractivity contribution < 1.29 is 22.7 Å². The number of carbonyl (C=O) groups excluding carboxylic acids is 1. The zero-order valence-electron chi connectivity index (χ0n) is 12.4. The number of hydrogen-bond donors (Lipinski definition) is 0. The molecule has 1 aromatic carbocycles. The van der Waals surface area contributed by atoms with Crippen molar-refractivity contribution in [1.29, 1.82) is 0 Å². The molecule has 0 aliphatic carbocycles. The summed E-state index contributed by atoms with van der Waals surface area (Å²) in [6.07, 6.45) is -3.81. The van der Waals surface area contributed by atoms with Gasteiger partial charge in [0.05, 0.1) is 0 Å². The molecule has 0 atom stereocenters. The molecule has 1 aliphatic heterocycles. The fraction of sp³-hybridized carbons (Fsp3) is 0.533. The van der Waals surface area contributed by atoms with Crippen LogP contribution in [0.25, 0.3) is 0 Å². The predicted octanol–water partition coefficient (Wildman–Crippen LogP) is 2.29. The quantitative estimate of drug-likeness (QED) is 0.854. The minimum atomic E-state index is -4.68. The molecule has 0 N–H and O–H groups in total. The third-order valence-corrected chi connectivity index (χ3v) is 3.64. The smallest absolute Gasteiger partial charge is 0.406 e. The van der Waals surface area contributed by atoms with Crippen LogP contribution < -0.4 is 4.74 Å². The van der Waals surface area contributed by atoms with Crippen molar-refractivity contribution in [3.63, 3.8) is 0 Å². The highest BCUT2D eigenvalue weighted by atomic mass is 19.4. The lowest BCUT2D eigenvalue weighted by Gasteiger charge is -2.32. The van der Waals surface area contributed by atoms with Crippen LogP contribution in [0.4, 0.5) is 13.2 Å². The molecule has 0 aromatic heterocycles. The molecule has 1 heterocycles. The van der Waals surface area contributed by atoms with E-state index < -0.39 is 6.36 Å². The van der Waals surface area contributed by atoms with Gasteiger partial charge in [0.2, 0.25) is 5.91 Å². The molecule has 0 saturated carbocycles. The maximum Gasteiger partial charge on any atom is 0.573 e. The molecular weight excluding hydrogens is 297 g/mol. The van der Waals surface area contributed by atoms with E-state index in [1.165, 1.54) is 12.1 Å². The molecule has 0 bridgehead atoms. The van der Waals surface area contributed by atoms with Gasteiger partial charge in [-0.2, -0.15) is 0 Å². The lowest BCUT2D eigenvalue weighted by atomic mass is 10.1. The van der Waals surface area contributed by atoms with E-state index in [-0.39, 0.29) is 11.7 Å². The van der Waals surface area contributed by atoms with Crippen molar-refractivity contribution >= 4 is 5.91 Å². The molecule has 1 aliphatic rings. The monoisotopic (exact) mass is 316 g/mol. The second-order valence-electron chi connectivity index (χ2n) is 5.38. The molecule has 7 heteroatoms. The number of likely N-dealkylation sites (N-methyl/N-ethyl adjacent to an activating group) is 1. The zero-order valence-corrected chi connectivity index (χ0v) is 12.4. The Labute approximate surface area is 127 Å². The molecule has 0 spiro atoms. The van der Waals surface area contributed by atoms with Crippen molar-refractivity contribution in [2.45, 2.75) is 19.2 Å². The lowest BCUT2D eigenvalue weighted by Crippen LogP contribution is -2.47.